The van der Waals surface area contributed by atoms with Crippen molar-refractivity contribution in [2.75, 3.05) is 26.2 Å². The quantitative estimate of drug-likeness (QED) is 0.831. The molecular formula is C17H27NO2. The lowest BCUT2D eigenvalue weighted by atomic mass is 10.1. The molecule has 1 N–H and O–H groups in total. The molecule has 1 fully saturated rings. The molecule has 2 rings (SSSR count). The maximum atomic E-state index is 10.1. The summed E-state index contributed by atoms with van der Waals surface area (Å²) in [5, 5.41) is 10.1. The van der Waals surface area contributed by atoms with E-state index in [1.807, 2.05) is 18.2 Å². The molecule has 0 unspecified atom stereocenters. The number of hydrogen-bond donors (Lipinski definition) is 1. The summed E-state index contributed by atoms with van der Waals surface area (Å²) in [4.78, 5) is 2.35. The van der Waals surface area contributed by atoms with Crippen LogP contribution in [0.25, 0.3) is 0 Å². The second-order valence-electron chi connectivity index (χ2n) is 5.66. The summed E-state index contributed by atoms with van der Waals surface area (Å²) in [6, 6.07) is 10.3. The summed E-state index contributed by atoms with van der Waals surface area (Å²) in [6.07, 6.45) is 4.48. The van der Waals surface area contributed by atoms with E-state index in [2.05, 4.69) is 24.0 Å². The SMILES string of the molecule is CC[C@H](OC[C@@H](O)CN1CCCCC1)c1ccccc1. The summed E-state index contributed by atoms with van der Waals surface area (Å²) in [5.74, 6) is 0. The predicted molar refractivity (Wildman–Crippen MR) is 81.7 cm³/mol. The molecule has 1 aliphatic rings. The van der Waals surface area contributed by atoms with Gasteiger partial charge in [0.1, 0.15) is 0 Å². The molecule has 20 heavy (non-hydrogen) atoms. The van der Waals surface area contributed by atoms with Crippen LogP contribution < -0.4 is 0 Å². The number of aliphatic hydroxyl groups is 1. The van der Waals surface area contributed by atoms with Crippen molar-refractivity contribution in [2.45, 2.75) is 44.8 Å². The first-order valence-electron chi connectivity index (χ1n) is 7.86. The molecule has 0 radical (unpaired) electrons. The number of β-amino-alcohol motifs (C(OH)–C–C–N with tert-alkyl or cyclic N) is 1. The third-order valence-corrected chi connectivity index (χ3v) is 3.95. The van der Waals surface area contributed by atoms with Crippen LogP contribution in [0.2, 0.25) is 0 Å². The normalized spacial score (nSPS) is 19.7. The smallest absolute Gasteiger partial charge is 0.0900 e. The summed E-state index contributed by atoms with van der Waals surface area (Å²) in [5.41, 5.74) is 1.19. The van der Waals surface area contributed by atoms with Gasteiger partial charge in [-0.1, -0.05) is 43.7 Å². The molecule has 1 saturated heterocycles. The Kier molecular flexibility index (Phi) is 6.51. The number of likely N-dealkylation sites (tertiary alicyclic amines) is 1. The van der Waals surface area contributed by atoms with Crippen molar-refractivity contribution < 1.29 is 9.84 Å². The average Bonchev–Trinajstić information content (AvgIpc) is 2.50. The van der Waals surface area contributed by atoms with Gasteiger partial charge in [0.05, 0.1) is 18.8 Å². The van der Waals surface area contributed by atoms with E-state index < -0.39 is 0 Å². The maximum absolute atomic E-state index is 10.1. The van der Waals surface area contributed by atoms with Gasteiger partial charge in [0.25, 0.3) is 0 Å². The number of aliphatic hydroxyl groups excluding tert-OH is 1. The fourth-order valence-electron chi connectivity index (χ4n) is 2.84. The Morgan fingerprint density at radius 2 is 1.85 bits per heavy atom. The Morgan fingerprint density at radius 3 is 2.50 bits per heavy atom. The van der Waals surface area contributed by atoms with Crippen LogP contribution in [0.1, 0.15) is 44.3 Å². The minimum Gasteiger partial charge on any atom is -0.389 e. The highest BCUT2D eigenvalue weighted by atomic mass is 16.5. The molecule has 0 saturated carbocycles. The van der Waals surface area contributed by atoms with Crippen molar-refractivity contribution in [1.29, 1.82) is 0 Å². The Bertz CT molecular complexity index is 363. The van der Waals surface area contributed by atoms with Crippen molar-refractivity contribution in [2.24, 2.45) is 0 Å². The molecule has 1 aliphatic heterocycles. The van der Waals surface area contributed by atoms with E-state index >= 15 is 0 Å². The zero-order valence-electron chi connectivity index (χ0n) is 12.5. The molecular weight excluding hydrogens is 250 g/mol. The Hall–Kier alpha value is -0.900. The Labute approximate surface area is 122 Å². The summed E-state index contributed by atoms with van der Waals surface area (Å²) >= 11 is 0. The first kappa shape index (κ1) is 15.5. The van der Waals surface area contributed by atoms with Gasteiger partial charge in [0.15, 0.2) is 0 Å². The zero-order valence-corrected chi connectivity index (χ0v) is 12.5. The van der Waals surface area contributed by atoms with E-state index in [4.69, 9.17) is 4.74 Å². The summed E-state index contributed by atoms with van der Waals surface area (Å²) < 4.78 is 5.90. The largest absolute Gasteiger partial charge is 0.389 e. The van der Waals surface area contributed by atoms with E-state index in [1.54, 1.807) is 0 Å². The third-order valence-electron chi connectivity index (χ3n) is 3.95. The first-order valence-corrected chi connectivity index (χ1v) is 7.86. The molecule has 112 valence electrons. The van der Waals surface area contributed by atoms with Crippen molar-refractivity contribution >= 4 is 0 Å². The Morgan fingerprint density at radius 1 is 1.15 bits per heavy atom. The van der Waals surface area contributed by atoms with Crippen molar-refractivity contribution in [3.8, 4) is 0 Å². The van der Waals surface area contributed by atoms with Crippen LogP contribution in [-0.2, 0) is 4.74 Å². The number of benzene rings is 1. The lowest BCUT2D eigenvalue weighted by molar-refractivity contribution is -0.0252. The van der Waals surface area contributed by atoms with Crippen LogP contribution in [0.4, 0.5) is 0 Å². The van der Waals surface area contributed by atoms with Crippen molar-refractivity contribution in [3.05, 3.63) is 35.9 Å². The average molecular weight is 277 g/mol. The highest BCUT2D eigenvalue weighted by molar-refractivity contribution is 5.17. The van der Waals surface area contributed by atoms with Crippen molar-refractivity contribution in [3.63, 3.8) is 0 Å². The molecule has 2 atom stereocenters. The topological polar surface area (TPSA) is 32.7 Å². The lowest BCUT2D eigenvalue weighted by Crippen LogP contribution is -2.38. The fourth-order valence-corrected chi connectivity index (χ4v) is 2.84. The number of rotatable bonds is 7. The van der Waals surface area contributed by atoms with Crippen LogP contribution in [0.3, 0.4) is 0 Å². The molecule has 0 amide bonds. The van der Waals surface area contributed by atoms with E-state index in [0.29, 0.717) is 6.61 Å². The maximum Gasteiger partial charge on any atom is 0.0900 e. The molecule has 1 heterocycles. The van der Waals surface area contributed by atoms with Crippen LogP contribution in [0.5, 0.6) is 0 Å². The second-order valence-corrected chi connectivity index (χ2v) is 5.66. The monoisotopic (exact) mass is 277 g/mol. The highest BCUT2D eigenvalue weighted by Crippen LogP contribution is 2.20. The number of piperidine rings is 1. The Balaban J connectivity index is 1.75. The van der Waals surface area contributed by atoms with Crippen LogP contribution in [0.15, 0.2) is 30.3 Å². The van der Waals surface area contributed by atoms with Crippen molar-refractivity contribution in [1.82, 2.24) is 4.90 Å². The van der Waals surface area contributed by atoms with Crippen LogP contribution >= 0.6 is 0 Å². The molecule has 0 aromatic heterocycles. The van der Waals surface area contributed by atoms with Crippen LogP contribution in [0, 0.1) is 0 Å². The molecule has 3 heteroatoms. The van der Waals surface area contributed by atoms with Gasteiger partial charge >= 0.3 is 0 Å². The molecule has 0 aliphatic carbocycles. The van der Waals surface area contributed by atoms with Gasteiger partial charge in [0, 0.05) is 6.54 Å². The third kappa shape index (κ3) is 4.89. The van der Waals surface area contributed by atoms with Gasteiger partial charge < -0.3 is 14.7 Å². The second kappa shape index (κ2) is 8.40. The first-order chi connectivity index (χ1) is 9.79. The number of nitrogens with zero attached hydrogens (tertiary/aromatic N) is 1. The minimum atomic E-state index is -0.383. The standard InChI is InChI=1S/C17H27NO2/c1-2-17(15-9-5-3-6-10-15)20-14-16(19)13-18-11-7-4-8-12-18/h3,5-6,9-10,16-17,19H,2,4,7-8,11-14H2,1H3/t16-,17-/m0/s1. The number of hydrogen-bond acceptors (Lipinski definition) is 3. The molecule has 0 spiro atoms. The van der Waals surface area contributed by atoms with E-state index in [-0.39, 0.29) is 12.2 Å². The van der Waals surface area contributed by atoms with Crippen LogP contribution in [-0.4, -0.2) is 42.4 Å². The van der Waals surface area contributed by atoms with Gasteiger partial charge in [-0.3, -0.25) is 0 Å². The van der Waals surface area contributed by atoms with Gasteiger partial charge in [-0.25, -0.2) is 0 Å². The zero-order chi connectivity index (χ0) is 14.2. The fraction of sp³-hybridized carbons (Fsp3) is 0.647. The highest BCUT2D eigenvalue weighted by Gasteiger charge is 2.16. The van der Waals surface area contributed by atoms with E-state index in [0.717, 1.165) is 26.1 Å². The number of ether oxygens (including phenoxy) is 1. The van der Waals surface area contributed by atoms with Gasteiger partial charge in [0.2, 0.25) is 0 Å². The predicted octanol–water partition coefficient (Wildman–Crippen LogP) is 3.00. The molecule has 1 aromatic rings. The summed E-state index contributed by atoms with van der Waals surface area (Å²) in [7, 11) is 0. The molecule has 3 nitrogen and oxygen atoms in total. The van der Waals surface area contributed by atoms with Gasteiger partial charge in [-0.15, -0.1) is 0 Å². The lowest BCUT2D eigenvalue weighted by Gasteiger charge is -2.29. The van der Waals surface area contributed by atoms with Gasteiger partial charge in [-0.2, -0.15) is 0 Å². The van der Waals surface area contributed by atoms with E-state index in [9.17, 15) is 5.11 Å². The molecule has 1 aromatic carbocycles. The molecule has 0 bridgehead atoms. The van der Waals surface area contributed by atoms with Gasteiger partial charge in [-0.05, 0) is 37.9 Å². The van der Waals surface area contributed by atoms with E-state index in [1.165, 1.54) is 24.8 Å². The minimum absolute atomic E-state index is 0.0900. The summed E-state index contributed by atoms with van der Waals surface area (Å²) in [6.45, 7) is 5.52.